The molecule has 1 saturated heterocycles. The van der Waals surface area contributed by atoms with E-state index in [2.05, 4.69) is 10.3 Å². The number of likely N-dealkylation sites (tertiary alicyclic amines) is 1. The second-order valence-corrected chi connectivity index (χ2v) is 12.5. The molecule has 0 aliphatic carbocycles. The number of amides is 2. The standard InChI is InChI=1S/C31H32Cl2N4O5S/c1-3-42-17-19-8-10-27(31-34-15-20(43-31)9-11-29(39)40)37(19)28(38)13-18-12-24(33)25(14-23(18)32)35-30(41)22-16-36(2)26-7-5-4-6-21(22)26/h4-7,12,14-16,19,27H,3,8-11,13,17H2,1-2H3,(H,35,41)(H,39,40)/t19-,27-/m0/s1. The van der Waals surface area contributed by atoms with Crippen molar-refractivity contribution in [1.29, 1.82) is 0 Å². The number of anilines is 1. The Labute approximate surface area is 263 Å². The molecule has 2 atom stereocenters. The summed E-state index contributed by atoms with van der Waals surface area (Å²) < 4.78 is 7.59. The van der Waals surface area contributed by atoms with Gasteiger partial charge in [-0.15, -0.1) is 11.3 Å². The first kappa shape index (κ1) is 31.0. The van der Waals surface area contributed by atoms with Gasteiger partial charge in [-0.2, -0.15) is 0 Å². The van der Waals surface area contributed by atoms with Gasteiger partial charge in [0.25, 0.3) is 5.91 Å². The summed E-state index contributed by atoms with van der Waals surface area (Å²) in [6, 6.07) is 10.5. The summed E-state index contributed by atoms with van der Waals surface area (Å²) in [5.41, 5.74) is 2.34. The average Bonchev–Trinajstić information content (AvgIpc) is 3.70. The first-order chi connectivity index (χ1) is 20.7. The maximum absolute atomic E-state index is 13.8. The largest absolute Gasteiger partial charge is 0.481 e. The smallest absolute Gasteiger partial charge is 0.303 e. The summed E-state index contributed by atoms with van der Waals surface area (Å²) in [6.07, 6.45) is 5.38. The number of nitrogens with zero attached hydrogens (tertiary/aromatic N) is 3. The number of benzene rings is 2. The number of aromatic nitrogens is 2. The zero-order valence-corrected chi connectivity index (χ0v) is 26.1. The van der Waals surface area contributed by atoms with Crippen molar-refractivity contribution >= 4 is 68.9 Å². The van der Waals surface area contributed by atoms with E-state index in [0.29, 0.717) is 41.5 Å². The molecule has 0 saturated carbocycles. The first-order valence-electron chi connectivity index (χ1n) is 14.0. The lowest BCUT2D eigenvalue weighted by atomic mass is 10.1. The normalized spacial score (nSPS) is 16.6. The van der Waals surface area contributed by atoms with Gasteiger partial charge in [0.2, 0.25) is 5.91 Å². The molecule has 0 radical (unpaired) electrons. The van der Waals surface area contributed by atoms with E-state index < -0.39 is 5.97 Å². The number of rotatable bonds is 11. The molecule has 5 rings (SSSR count). The van der Waals surface area contributed by atoms with Crippen LogP contribution in [0.3, 0.4) is 0 Å². The molecule has 3 heterocycles. The molecule has 0 spiro atoms. The molecule has 2 aromatic heterocycles. The van der Waals surface area contributed by atoms with Gasteiger partial charge in [-0.1, -0.05) is 41.4 Å². The molecule has 0 bridgehead atoms. The number of nitrogens with one attached hydrogen (secondary N) is 1. The fourth-order valence-electron chi connectivity index (χ4n) is 5.53. The van der Waals surface area contributed by atoms with Crippen LogP contribution in [0.1, 0.15) is 58.0 Å². The van der Waals surface area contributed by atoms with Crippen molar-refractivity contribution in [3.05, 3.63) is 79.8 Å². The number of hydrogen-bond donors (Lipinski definition) is 2. The van der Waals surface area contributed by atoms with Gasteiger partial charge in [-0.3, -0.25) is 14.4 Å². The molecule has 43 heavy (non-hydrogen) atoms. The van der Waals surface area contributed by atoms with Crippen molar-refractivity contribution in [2.24, 2.45) is 7.05 Å². The Morgan fingerprint density at radius 3 is 2.72 bits per heavy atom. The molecular weight excluding hydrogens is 611 g/mol. The summed E-state index contributed by atoms with van der Waals surface area (Å²) in [4.78, 5) is 45.3. The van der Waals surface area contributed by atoms with E-state index in [0.717, 1.165) is 33.6 Å². The van der Waals surface area contributed by atoms with Crippen LogP contribution in [0, 0.1) is 0 Å². The van der Waals surface area contributed by atoms with E-state index >= 15 is 0 Å². The Kier molecular flexibility index (Phi) is 9.71. The van der Waals surface area contributed by atoms with E-state index in [4.69, 9.17) is 33.0 Å². The van der Waals surface area contributed by atoms with Gasteiger partial charge in [-0.05, 0) is 49.9 Å². The molecule has 2 aromatic carbocycles. The molecule has 9 nitrogen and oxygen atoms in total. The first-order valence-corrected chi connectivity index (χ1v) is 15.6. The van der Waals surface area contributed by atoms with Gasteiger partial charge >= 0.3 is 5.97 Å². The summed E-state index contributed by atoms with van der Waals surface area (Å²) in [6.45, 7) is 2.85. The Hall–Kier alpha value is -3.44. The fraction of sp³-hybridized carbons (Fsp3) is 0.355. The second-order valence-electron chi connectivity index (χ2n) is 10.5. The molecule has 1 fully saturated rings. The van der Waals surface area contributed by atoms with Crippen LogP contribution in [0.15, 0.2) is 48.8 Å². The van der Waals surface area contributed by atoms with Crippen LogP contribution >= 0.6 is 34.5 Å². The Morgan fingerprint density at radius 1 is 1.16 bits per heavy atom. The van der Waals surface area contributed by atoms with Crippen LogP contribution in [0.5, 0.6) is 0 Å². The summed E-state index contributed by atoms with van der Waals surface area (Å²) in [7, 11) is 1.88. The number of carboxylic acids is 1. The number of fused-ring (bicyclic) bond motifs is 1. The minimum absolute atomic E-state index is 0.00642. The number of ether oxygens (including phenoxy) is 1. The highest BCUT2D eigenvalue weighted by Crippen LogP contribution is 2.39. The molecule has 2 amide bonds. The minimum atomic E-state index is -0.862. The van der Waals surface area contributed by atoms with E-state index in [9.17, 15) is 14.4 Å². The molecule has 4 aromatic rings. The Bertz CT molecular complexity index is 1670. The van der Waals surface area contributed by atoms with Crippen molar-refractivity contribution in [2.45, 2.75) is 51.1 Å². The number of para-hydroxylation sites is 1. The van der Waals surface area contributed by atoms with Gasteiger partial charge in [0.15, 0.2) is 0 Å². The third-order valence-corrected chi connectivity index (χ3v) is 9.44. The zero-order valence-electron chi connectivity index (χ0n) is 23.8. The van der Waals surface area contributed by atoms with Gasteiger partial charge in [0, 0.05) is 46.9 Å². The number of thiazole rings is 1. The molecular formula is C31H32Cl2N4O5S. The topological polar surface area (TPSA) is 114 Å². The Morgan fingerprint density at radius 2 is 1.95 bits per heavy atom. The van der Waals surface area contributed by atoms with E-state index in [1.165, 1.54) is 11.3 Å². The number of carboxylic acid groups (broad SMARTS) is 1. The van der Waals surface area contributed by atoms with E-state index in [1.807, 2.05) is 47.7 Å². The van der Waals surface area contributed by atoms with Crippen LogP contribution in [-0.4, -0.2) is 56.6 Å². The molecule has 1 aliphatic rings. The fourth-order valence-corrected chi connectivity index (χ4v) is 7.04. The van der Waals surface area contributed by atoms with Crippen molar-refractivity contribution in [3.63, 3.8) is 0 Å². The molecule has 12 heteroatoms. The lowest BCUT2D eigenvalue weighted by Crippen LogP contribution is -2.40. The number of aliphatic carboxylic acids is 1. The quantitative estimate of drug-likeness (QED) is 0.192. The number of hydrogen-bond acceptors (Lipinski definition) is 6. The van der Waals surface area contributed by atoms with Gasteiger partial charge in [-0.25, -0.2) is 4.98 Å². The highest BCUT2D eigenvalue weighted by molar-refractivity contribution is 7.11. The third kappa shape index (κ3) is 6.88. The van der Waals surface area contributed by atoms with Crippen LogP contribution in [-0.2, 0) is 34.2 Å². The molecule has 226 valence electrons. The predicted octanol–water partition coefficient (Wildman–Crippen LogP) is 6.52. The Balaban J connectivity index is 1.34. The zero-order chi connectivity index (χ0) is 30.7. The highest BCUT2D eigenvalue weighted by atomic mass is 35.5. The van der Waals surface area contributed by atoms with Crippen LogP contribution in [0.2, 0.25) is 10.0 Å². The molecule has 0 unspecified atom stereocenters. The van der Waals surface area contributed by atoms with Crippen molar-refractivity contribution in [1.82, 2.24) is 14.5 Å². The number of carbonyl (C=O) groups is 3. The lowest BCUT2D eigenvalue weighted by molar-refractivity contribution is -0.137. The van der Waals surface area contributed by atoms with Crippen LogP contribution in [0.4, 0.5) is 5.69 Å². The minimum Gasteiger partial charge on any atom is -0.481 e. The van der Waals surface area contributed by atoms with E-state index in [-0.39, 0.29) is 41.8 Å². The summed E-state index contributed by atoms with van der Waals surface area (Å²) in [5, 5.41) is 14.1. The summed E-state index contributed by atoms with van der Waals surface area (Å²) >= 11 is 14.7. The summed E-state index contributed by atoms with van der Waals surface area (Å²) in [5.74, 6) is -1.32. The van der Waals surface area contributed by atoms with Crippen LogP contribution in [0.25, 0.3) is 10.9 Å². The third-order valence-electron chi connectivity index (χ3n) is 7.61. The van der Waals surface area contributed by atoms with Crippen molar-refractivity contribution in [3.8, 4) is 0 Å². The lowest BCUT2D eigenvalue weighted by Gasteiger charge is -2.29. The number of carbonyl (C=O) groups excluding carboxylic acids is 2. The monoisotopic (exact) mass is 642 g/mol. The maximum atomic E-state index is 13.8. The van der Waals surface area contributed by atoms with Crippen molar-refractivity contribution in [2.75, 3.05) is 18.5 Å². The number of halogens is 2. The van der Waals surface area contributed by atoms with Gasteiger partial charge in [0.05, 0.1) is 47.8 Å². The molecule has 1 aliphatic heterocycles. The van der Waals surface area contributed by atoms with E-state index in [1.54, 1.807) is 24.5 Å². The van der Waals surface area contributed by atoms with Gasteiger partial charge in [0.1, 0.15) is 5.01 Å². The molecule has 2 N–H and O–H groups in total. The van der Waals surface area contributed by atoms with Gasteiger partial charge < -0.3 is 24.6 Å². The average molecular weight is 644 g/mol. The SMILES string of the molecule is CCOC[C@@H]1CC[C@@H](c2ncc(CCC(=O)O)s2)N1C(=O)Cc1cc(Cl)c(NC(=O)c2cn(C)c3ccccc23)cc1Cl. The second kappa shape index (κ2) is 13.5. The highest BCUT2D eigenvalue weighted by Gasteiger charge is 2.39. The van der Waals surface area contributed by atoms with Crippen LogP contribution < -0.4 is 5.32 Å². The number of aryl methyl sites for hydroxylation is 2. The predicted molar refractivity (Wildman–Crippen MR) is 168 cm³/mol. The van der Waals surface area contributed by atoms with Crippen molar-refractivity contribution < 1.29 is 24.2 Å². The maximum Gasteiger partial charge on any atom is 0.303 e.